The van der Waals surface area contributed by atoms with Crippen molar-refractivity contribution in [2.24, 2.45) is 0 Å². The van der Waals surface area contributed by atoms with Crippen molar-refractivity contribution in [3.63, 3.8) is 0 Å². The lowest BCUT2D eigenvalue weighted by Gasteiger charge is -2.12. The average Bonchev–Trinajstić information content (AvgIpc) is 2.64. The minimum absolute atomic E-state index is 0.221. The van der Waals surface area contributed by atoms with E-state index >= 15 is 0 Å². The van der Waals surface area contributed by atoms with Crippen LogP contribution < -0.4 is 11.2 Å². The lowest BCUT2D eigenvalue weighted by atomic mass is 10.1. The third kappa shape index (κ3) is 5.73. The van der Waals surface area contributed by atoms with Crippen molar-refractivity contribution < 1.29 is 9.50 Å². The Morgan fingerprint density at radius 3 is 2.22 bits per heavy atom. The van der Waals surface area contributed by atoms with Crippen molar-refractivity contribution in [1.82, 2.24) is 9.55 Å². The number of aromatic hydroxyl groups is 1. The fourth-order valence-corrected chi connectivity index (χ4v) is 5.41. The topological polar surface area (TPSA) is 75.1 Å². The van der Waals surface area contributed by atoms with Crippen LogP contribution in [0.3, 0.4) is 0 Å². The molecule has 0 spiro atoms. The van der Waals surface area contributed by atoms with Crippen molar-refractivity contribution in [3.8, 4) is 5.88 Å². The van der Waals surface area contributed by atoms with Crippen LogP contribution in [0.5, 0.6) is 5.88 Å². The van der Waals surface area contributed by atoms with E-state index in [1.54, 1.807) is 12.1 Å². The van der Waals surface area contributed by atoms with Crippen LogP contribution in [0, 0.1) is 5.82 Å². The molecule has 0 aliphatic carbocycles. The first-order chi connectivity index (χ1) is 13.0. The molecule has 0 atom stereocenters. The Bertz CT molecular complexity index is 838. The number of nitrogens with one attached hydrogen (secondary N) is 1. The highest BCUT2D eigenvalue weighted by molar-refractivity contribution is 7.97. The van der Waals surface area contributed by atoms with E-state index in [-0.39, 0.29) is 29.1 Å². The second-order valence-electron chi connectivity index (χ2n) is 6.55. The Hall–Kier alpha value is -2.02. The van der Waals surface area contributed by atoms with Crippen LogP contribution in [0.4, 0.5) is 4.39 Å². The quantitative estimate of drug-likeness (QED) is 0.607. The van der Waals surface area contributed by atoms with Crippen LogP contribution in [0.1, 0.15) is 45.1 Å². The van der Waals surface area contributed by atoms with Crippen LogP contribution in [-0.4, -0.2) is 26.2 Å². The number of hydrogen-bond acceptors (Lipinski definition) is 3. The molecule has 27 heavy (non-hydrogen) atoms. The number of halogens is 1. The van der Waals surface area contributed by atoms with E-state index in [1.165, 1.54) is 16.7 Å². The molecule has 0 saturated heterocycles. The predicted octanol–water partition coefficient (Wildman–Crippen LogP) is 3.20. The summed E-state index contributed by atoms with van der Waals surface area (Å²) < 4.78 is 14.3. The summed E-state index contributed by atoms with van der Waals surface area (Å²) in [6.45, 7) is 4.41. The first-order valence-corrected chi connectivity index (χ1v) is 11.0. The monoisotopic (exact) mass is 395 g/mol. The van der Waals surface area contributed by atoms with Crippen LogP contribution >= 0.6 is 0 Å². The Morgan fingerprint density at radius 2 is 1.67 bits per heavy atom. The van der Waals surface area contributed by atoms with Gasteiger partial charge in [0.05, 0.1) is 0 Å². The molecule has 2 rings (SSSR count). The summed E-state index contributed by atoms with van der Waals surface area (Å²) in [6.07, 6.45) is 4.43. The van der Waals surface area contributed by atoms with Gasteiger partial charge in [-0.2, -0.15) is 0 Å². The predicted molar refractivity (Wildman–Crippen MR) is 108 cm³/mol. The fourth-order valence-electron chi connectivity index (χ4n) is 2.84. The Balaban J connectivity index is 2.32. The number of hydrogen-bond donors (Lipinski definition) is 2. The van der Waals surface area contributed by atoms with Gasteiger partial charge in [0, 0.05) is 17.4 Å². The summed E-state index contributed by atoms with van der Waals surface area (Å²) in [5.74, 6) is 1.13. The standard InChI is InChI=1S/C20H27FN2O3S/c1-3-5-13-27(14-6-4-2)17-18(24)22-20(26)23(19(17)25)12-11-15-7-9-16(21)10-8-15/h7-10H,3-6,11-14H2,1-2H3,(H-,22,24,25,26)/p+1. The molecule has 2 aromatic rings. The molecule has 0 saturated carbocycles. The molecule has 0 radical (unpaired) electrons. The zero-order valence-electron chi connectivity index (χ0n) is 16.0. The summed E-state index contributed by atoms with van der Waals surface area (Å²) in [7, 11) is -0.384. The van der Waals surface area contributed by atoms with Gasteiger partial charge in [-0.15, -0.1) is 0 Å². The van der Waals surface area contributed by atoms with Crippen LogP contribution in [0.25, 0.3) is 0 Å². The van der Waals surface area contributed by atoms with Gasteiger partial charge < -0.3 is 5.11 Å². The third-order valence-corrected chi connectivity index (χ3v) is 6.95. The van der Waals surface area contributed by atoms with E-state index in [4.69, 9.17) is 0 Å². The van der Waals surface area contributed by atoms with Crippen molar-refractivity contribution in [2.45, 2.75) is 57.4 Å². The van der Waals surface area contributed by atoms with E-state index in [9.17, 15) is 19.1 Å². The largest absolute Gasteiger partial charge is 0.491 e. The minimum atomic E-state index is -0.613. The van der Waals surface area contributed by atoms with E-state index < -0.39 is 11.2 Å². The Kier molecular flexibility index (Phi) is 8.16. The second-order valence-corrected chi connectivity index (χ2v) is 8.76. The van der Waals surface area contributed by atoms with Gasteiger partial charge in [0.2, 0.25) is 0 Å². The van der Waals surface area contributed by atoms with Gasteiger partial charge in [-0.1, -0.05) is 38.8 Å². The second kappa shape index (κ2) is 10.3. The van der Waals surface area contributed by atoms with Gasteiger partial charge in [-0.05, 0) is 37.0 Å². The number of aromatic amines is 1. The van der Waals surface area contributed by atoms with Crippen molar-refractivity contribution >= 4 is 10.9 Å². The summed E-state index contributed by atoms with van der Waals surface area (Å²) in [6, 6.07) is 6.03. The molecule has 1 aromatic carbocycles. The van der Waals surface area contributed by atoms with Crippen LogP contribution in [0.2, 0.25) is 0 Å². The average molecular weight is 396 g/mol. The summed E-state index contributed by atoms with van der Waals surface area (Å²) in [5, 5.41) is 10.7. The summed E-state index contributed by atoms with van der Waals surface area (Å²) in [5.41, 5.74) is -0.240. The van der Waals surface area contributed by atoms with Crippen molar-refractivity contribution in [1.29, 1.82) is 0 Å². The van der Waals surface area contributed by atoms with E-state index in [0.717, 1.165) is 42.8 Å². The highest BCUT2D eigenvalue weighted by Crippen LogP contribution is 2.22. The first kappa shape index (κ1) is 21.3. The molecule has 0 unspecified atom stereocenters. The molecule has 0 aliphatic heterocycles. The molecule has 1 heterocycles. The molecule has 0 amide bonds. The van der Waals surface area contributed by atoms with E-state index in [2.05, 4.69) is 18.8 Å². The van der Waals surface area contributed by atoms with Gasteiger partial charge in [-0.25, -0.2) is 9.18 Å². The van der Waals surface area contributed by atoms with E-state index in [0.29, 0.717) is 11.3 Å². The normalized spacial score (nSPS) is 11.3. The van der Waals surface area contributed by atoms with Crippen LogP contribution in [0.15, 0.2) is 38.8 Å². The van der Waals surface area contributed by atoms with Crippen LogP contribution in [-0.2, 0) is 23.9 Å². The van der Waals surface area contributed by atoms with Gasteiger partial charge in [-0.3, -0.25) is 14.3 Å². The zero-order valence-corrected chi connectivity index (χ0v) is 16.8. The van der Waals surface area contributed by atoms with Crippen molar-refractivity contribution in [2.75, 3.05) is 11.5 Å². The molecular weight excluding hydrogens is 367 g/mol. The lowest BCUT2D eigenvalue weighted by molar-refractivity contribution is 0.384. The molecule has 2 N–H and O–H groups in total. The lowest BCUT2D eigenvalue weighted by Crippen LogP contribution is -2.35. The van der Waals surface area contributed by atoms with Gasteiger partial charge in [0.25, 0.3) is 10.8 Å². The maximum absolute atomic E-state index is 13.0. The molecule has 0 fully saturated rings. The van der Waals surface area contributed by atoms with E-state index in [1.807, 2.05) is 0 Å². The van der Waals surface area contributed by atoms with Gasteiger partial charge in [0.15, 0.2) is 0 Å². The first-order valence-electron chi connectivity index (χ1n) is 9.45. The number of unbranched alkanes of at least 4 members (excludes halogenated alkanes) is 2. The Labute approximate surface area is 161 Å². The minimum Gasteiger partial charge on any atom is -0.491 e. The summed E-state index contributed by atoms with van der Waals surface area (Å²) in [4.78, 5) is 27.4. The van der Waals surface area contributed by atoms with Gasteiger partial charge in [0.1, 0.15) is 17.3 Å². The molecular formula is C20H28FN2O3S+. The SMILES string of the molecule is CCCC[S+](CCCC)c1c(O)n(CCc2ccc(F)cc2)c(=O)[nH]c1=O. The highest BCUT2D eigenvalue weighted by Gasteiger charge is 2.31. The molecule has 1 aromatic heterocycles. The molecule has 5 nitrogen and oxygen atoms in total. The molecule has 0 aliphatic rings. The fraction of sp³-hybridized carbons (Fsp3) is 0.500. The maximum atomic E-state index is 13.0. The number of benzene rings is 1. The number of nitrogens with zero attached hydrogens (tertiary/aromatic N) is 1. The third-order valence-electron chi connectivity index (χ3n) is 4.45. The number of aryl methyl sites for hydroxylation is 1. The number of H-pyrrole nitrogens is 1. The molecule has 148 valence electrons. The zero-order chi connectivity index (χ0) is 19.8. The Morgan fingerprint density at radius 1 is 1.07 bits per heavy atom. The van der Waals surface area contributed by atoms with Gasteiger partial charge >= 0.3 is 11.2 Å². The molecule has 0 bridgehead atoms. The maximum Gasteiger partial charge on any atom is 0.331 e. The van der Waals surface area contributed by atoms with Crippen molar-refractivity contribution in [3.05, 3.63) is 56.5 Å². The molecule has 7 heteroatoms. The number of rotatable bonds is 10. The number of aromatic nitrogens is 2. The summed E-state index contributed by atoms with van der Waals surface area (Å²) >= 11 is 0. The highest BCUT2D eigenvalue weighted by atomic mass is 32.2. The smallest absolute Gasteiger partial charge is 0.331 e.